The molecule has 1 aliphatic rings. The van der Waals surface area contributed by atoms with E-state index in [-0.39, 0.29) is 47.6 Å². The molecule has 1 amide bonds. The molecular formula is C27H27Cl2N3O6. The number of benzene rings is 2. The number of rotatable bonds is 9. The summed E-state index contributed by atoms with van der Waals surface area (Å²) in [4.78, 5) is 44.8. The SMILES string of the molecule is C=CCOC(=O)N1CCCC(OC)C1CC(=O)Cn1cnc2cc(Cl)c(Oc3ccc(Cl)cc3)cc2c1=O. The number of carbonyl (C=O) groups excluding carboxylic acids is 2. The number of aromatic nitrogens is 2. The number of halogens is 2. The van der Waals surface area contributed by atoms with Gasteiger partial charge in [0.2, 0.25) is 0 Å². The summed E-state index contributed by atoms with van der Waals surface area (Å²) < 4.78 is 17.8. The van der Waals surface area contributed by atoms with Crippen LogP contribution in [0.1, 0.15) is 19.3 Å². The third-order valence-electron chi connectivity index (χ3n) is 6.28. The highest BCUT2D eigenvalue weighted by Crippen LogP contribution is 2.32. The predicted octanol–water partition coefficient (Wildman–Crippen LogP) is 5.26. The summed E-state index contributed by atoms with van der Waals surface area (Å²) in [7, 11) is 1.55. The fraction of sp³-hybridized carbons (Fsp3) is 0.333. The lowest BCUT2D eigenvalue weighted by molar-refractivity contribution is -0.122. The Balaban J connectivity index is 1.54. The van der Waals surface area contributed by atoms with Gasteiger partial charge in [-0.05, 0) is 49.2 Å². The van der Waals surface area contributed by atoms with Gasteiger partial charge < -0.3 is 19.1 Å². The summed E-state index contributed by atoms with van der Waals surface area (Å²) in [5.41, 5.74) is -0.0508. The van der Waals surface area contributed by atoms with Gasteiger partial charge in [0.1, 0.15) is 18.1 Å². The van der Waals surface area contributed by atoms with Crippen LogP contribution in [0.3, 0.4) is 0 Å². The molecular weight excluding hydrogens is 533 g/mol. The Morgan fingerprint density at radius 1 is 1.21 bits per heavy atom. The molecule has 2 aromatic carbocycles. The number of ether oxygens (including phenoxy) is 3. The normalized spacial score (nSPS) is 17.3. The quantitative estimate of drug-likeness (QED) is 0.330. The number of amides is 1. The first-order valence-corrected chi connectivity index (χ1v) is 12.8. The molecule has 0 aliphatic carbocycles. The molecule has 200 valence electrons. The van der Waals surface area contributed by atoms with Gasteiger partial charge in [-0.25, -0.2) is 9.78 Å². The molecule has 2 atom stereocenters. The maximum absolute atomic E-state index is 13.3. The molecule has 0 radical (unpaired) electrons. The number of fused-ring (bicyclic) bond motifs is 1. The summed E-state index contributed by atoms with van der Waals surface area (Å²) in [6.07, 6.45) is 3.36. The number of ketones is 1. The number of Topliss-reactive ketones (excluding diaryl/α,β-unsaturated/α-hetero) is 1. The Hall–Kier alpha value is -3.40. The second-order valence-corrected chi connectivity index (χ2v) is 9.66. The van der Waals surface area contributed by atoms with E-state index < -0.39 is 17.7 Å². The van der Waals surface area contributed by atoms with Crippen LogP contribution in [0.15, 0.2) is 60.2 Å². The molecule has 2 heterocycles. The van der Waals surface area contributed by atoms with Gasteiger partial charge in [0.25, 0.3) is 5.56 Å². The van der Waals surface area contributed by atoms with Crippen LogP contribution in [0.5, 0.6) is 11.5 Å². The van der Waals surface area contributed by atoms with Crippen LogP contribution in [0.4, 0.5) is 4.79 Å². The van der Waals surface area contributed by atoms with Crippen molar-refractivity contribution in [3.8, 4) is 11.5 Å². The Morgan fingerprint density at radius 2 is 1.97 bits per heavy atom. The monoisotopic (exact) mass is 559 g/mol. The van der Waals surface area contributed by atoms with E-state index in [1.165, 1.54) is 34.0 Å². The number of carbonyl (C=O) groups is 2. The molecule has 4 rings (SSSR count). The summed E-state index contributed by atoms with van der Waals surface area (Å²) in [5.74, 6) is 0.505. The predicted molar refractivity (Wildman–Crippen MR) is 144 cm³/mol. The van der Waals surface area contributed by atoms with Crippen molar-refractivity contribution >= 4 is 46.0 Å². The number of likely N-dealkylation sites (tertiary alicyclic amines) is 1. The maximum Gasteiger partial charge on any atom is 0.410 e. The molecule has 0 saturated carbocycles. The van der Waals surface area contributed by atoms with E-state index in [1.807, 2.05) is 0 Å². The van der Waals surface area contributed by atoms with Crippen molar-refractivity contribution in [3.05, 3.63) is 75.8 Å². The maximum atomic E-state index is 13.3. The molecule has 1 aromatic heterocycles. The fourth-order valence-electron chi connectivity index (χ4n) is 4.45. The summed E-state index contributed by atoms with van der Waals surface area (Å²) in [5, 5.41) is 1.08. The van der Waals surface area contributed by atoms with Crippen LogP contribution in [0, 0.1) is 0 Å². The average Bonchev–Trinajstić information content (AvgIpc) is 2.91. The van der Waals surface area contributed by atoms with Gasteiger partial charge >= 0.3 is 6.09 Å². The standard InChI is InChI=1S/C27H27Cl2N3O6/c1-3-11-37-27(35)32-10-4-5-24(36-2)23(32)12-18(33)15-31-16-30-22-14-21(29)25(13-20(22)26(31)34)38-19-8-6-17(28)7-9-19/h3,6-9,13-14,16,23-24H,1,4-5,10-12,15H2,2H3. The minimum atomic E-state index is -0.529. The highest BCUT2D eigenvalue weighted by molar-refractivity contribution is 6.32. The lowest BCUT2D eigenvalue weighted by atomic mass is 9.94. The number of nitrogens with zero attached hydrogens (tertiary/aromatic N) is 3. The number of hydrogen-bond donors (Lipinski definition) is 0. The van der Waals surface area contributed by atoms with Crippen molar-refractivity contribution in [2.24, 2.45) is 0 Å². The first kappa shape index (κ1) is 27.6. The Kier molecular flexibility index (Phi) is 9.04. The van der Waals surface area contributed by atoms with Crippen molar-refractivity contribution in [3.63, 3.8) is 0 Å². The molecule has 2 unspecified atom stereocenters. The molecule has 9 nitrogen and oxygen atoms in total. The summed E-state index contributed by atoms with van der Waals surface area (Å²) in [6.45, 7) is 3.85. The largest absolute Gasteiger partial charge is 0.456 e. The zero-order valence-corrected chi connectivity index (χ0v) is 22.3. The Bertz CT molecular complexity index is 1390. The fourth-order valence-corrected chi connectivity index (χ4v) is 4.77. The molecule has 1 saturated heterocycles. The van der Waals surface area contributed by atoms with Crippen LogP contribution in [-0.2, 0) is 20.8 Å². The van der Waals surface area contributed by atoms with Gasteiger partial charge in [0.15, 0.2) is 5.78 Å². The van der Waals surface area contributed by atoms with Gasteiger partial charge in [-0.2, -0.15) is 0 Å². The van der Waals surface area contributed by atoms with Crippen molar-refractivity contribution < 1.29 is 23.8 Å². The zero-order valence-electron chi connectivity index (χ0n) is 20.8. The lowest BCUT2D eigenvalue weighted by Gasteiger charge is -2.39. The van der Waals surface area contributed by atoms with Crippen LogP contribution in [0.25, 0.3) is 10.9 Å². The smallest absolute Gasteiger partial charge is 0.410 e. The van der Waals surface area contributed by atoms with E-state index in [1.54, 1.807) is 31.4 Å². The minimum absolute atomic E-state index is 0.00226. The van der Waals surface area contributed by atoms with E-state index in [9.17, 15) is 14.4 Å². The molecule has 0 spiro atoms. The molecule has 1 aliphatic heterocycles. The topological polar surface area (TPSA) is 100.0 Å². The van der Waals surface area contributed by atoms with Gasteiger partial charge in [0, 0.05) is 25.1 Å². The molecule has 0 bridgehead atoms. The van der Waals surface area contributed by atoms with E-state index >= 15 is 0 Å². The van der Waals surface area contributed by atoms with E-state index in [4.69, 9.17) is 37.4 Å². The van der Waals surface area contributed by atoms with Crippen LogP contribution >= 0.6 is 23.2 Å². The van der Waals surface area contributed by atoms with Gasteiger partial charge in [-0.3, -0.25) is 14.2 Å². The van der Waals surface area contributed by atoms with Crippen molar-refractivity contribution in [2.75, 3.05) is 20.3 Å². The minimum Gasteiger partial charge on any atom is -0.456 e. The molecule has 3 aromatic rings. The van der Waals surface area contributed by atoms with E-state index in [2.05, 4.69) is 11.6 Å². The lowest BCUT2D eigenvalue weighted by Crippen LogP contribution is -2.53. The first-order valence-electron chi connectivity index (χ1n) is 12.0. The number of hydrogen-bond acceptors (Lipinski definition) is 7. The number of piperidine rings is 1. The van der Waals surface area contributed by atoms with Crippen molar-refractivity contribution in [1.82, 2.24) is 14.5 Å². The summed E-state index contributed by atoms with van der Waals surface area (Å²) in [6, 6.07) is 9.23. The highest BCUT2D eigenvalue weighted by atomic mass is 35.5. The molecule has 38 heavy (non-hydrogen) atoms. The molecule has 11 heteroatoms. The van der Waals surface area contributed by atoms with Crippen LogP contribution < -0.4 is 10.3 Å². The second-order valence-electron chi connectivity index (χ2n) is 8.82. The van der Waals surface area contributed by atoms with Crippen LogP contribution in [-0.4, -0.2) is 58.7 Å². The van der Waals surface area contributed by atoms with E-state index in [0.717, 1.165) is 6.42 Å². The van der Waals surface area contributed by atoms with Gasteiger partial charge in [-0.15, -0.1) is 0 Å². The third kappa shape index (κ3) is 6.35. The van der Waals surface area contributed by atoms with E-state index in [0.29, 0.717) is 29.3 Å². The molecule has 0 N–H and O–H groups in total. The average molecular weight is 560 g/mol. The van der Waals surface area contributed by atoms with Gasteiger partial charge in [0.05, 0.1) is 40.9 Å². The Labute approximate surface area is 229 Å². The van der Waals surface area contributed by atoms with Gasteiger partial charge in [-0.1, -0.05) is 35.9 Å². The van der Waals surface area contributed by atoms with Crippen molar-refractivity contribution in [1.29, 1.82) is 0 Å². The van der Waals surface area contributed by atoms with Crippen LogP contribution in [0.2, 0.25) is 10.0 Å². The Morgan fingerprint density at radius 3 is 2.68 bits per heavy atom. The zero-order chi connectivity index (χ0) is 27.2. The first-order chi connectivity index (χ1) is 18.3. The molecule has 1 fully saturated rings. The van der Waals surface area contributed by atoms with Crippen molar-refractivity contribution in [2.45, 2.75) is 38.0 Å². The second kappa shape index (κ2) is 12.4. The number of methoxy groups -OCH3 is 1. The third-order valence-corrected chi connectivity index (χ3v) is 6.83. The highest BCUT2D eigenvalue weighted by Gasteiger charge is 2.36. The summed E-state index contributed by atoms with van der Waals surface area (Å²) >= 11 is 12.3.